The standard InChI is InChI=1S/C11H10ClNO/c12-11-5-10(4-3-9(11)6-13)14-7-8-1-2-8/h3-5,8H,1-2,7H2. The quantitative estimate of drug-likeness (QED) is 0.764. The molecule has 0 N–H and O–H groups in total. The molecule has 1 saturated carbocycles. The predicted octanol–water partition coefficient (Wildman–Crippen LogP) is 3.00. The largest absolute Gasteiger partial charge is 0.493 e. The molecule has 1 aliphatic carbocycles. The monoisotopic (exact) mass is 207 g/mol. The van der Waals surface area contributed by atoms with Crippen molar-refractivity contribution >= 4 is 11.6 Å². The molecule has 14 heavy (non-hydrogen) atoms. The van der Waals surface area contributed by atoms with Crippen LogP contribution in [0.2, 0.25) is 5.02 Å². The highest BCUT2D eigenvalue weighted by atomic mass is 35.5. The second-order valence-corrected chi connectivity index (χ2v) is 3.92. The van der Waals surface area contributed by atoms with E-state index in [0.717, 1.165) is 18.3 Å². The molecule has 2 nitrogen and oxygen atoms in total. The summed E-state index contributed by atoms with van der Waals surface area (Å²) in [5, 5.41) is 9.12. The van der Waals surface area contributed by atoms with Crippen LogP contribution in [-0.2, 0) is 0 Å². The van der Waals surface area contributed by atoms with Crippen molar-refractivity contribution in [3.63, 3.8) is 0 Å². The molecule has 0 unspecified atom stereocenters. The number of hydrogen-bond donors (Lipinski definition) is 0. The molecule has 1 aromatic rings. The highest BCUT2D eigenvalue weighted by Gasteiger charge is 2.21. The molecule has 1 aromatic carbocycles. The van der Waals surface area contributed by atoms with E-state index < -0.39 is 0 Å². The van der Waals surface area contributed by atoms with Gasteiger partial charge in [0.15, 0.2) is 0 Å². The third-order valence-electron chi connectivity index (χ3n) is 2.24. The van der Waals surface area contributed by atoms with Gasteiger partial charge in [-0.1, -0.05) is 11.6 Å². The number of benzene rings is 1. The van der Waals surface area contributed by atoms with Gasteiger partial charge in [-0.2, -0.15) is 5.26 Å². The van der Waals surface area contributed by atoms with Crippen molar-refractivity contribution in [1.82, 2.24) is 0 Å². The molecular weight excluding hydrogens is 198 g/mol. The summed E-state index contributed by atoms with van der Waals surface area (Å²) in [5.41, 5.74) is 0.491. The van der Waals surface area contributed by atoms with Crippen molar-refractivity contribution in [2.45, 2.75) is 12.8 Å². The van der Waals surface area contributed by atoms with Crippen LogP contribution >= 0.6 is 11.6 Å². The van der Waals surface area contributed by atoms with E-state index in [2.05, 4.69) is 0 Å². The summed E-state index contributed by atoms with van der Waals surface area (Å²) < 4.78 is 5.52. The lowest BCUT2D eigenvalue weighted by Crippen LogP contribution is -1.98. The highest BCUT2D eigenvalue weighted by molar-refractivity contribution is 6.31. The van der Waals surface area contributed by atoms with Crippen LogP contribution in [0.3, 0.4) is 0 Å². The first kappa shape index (κ1) is 9.36. The molecule has 2 rings (SSSR count). The number of hydrogen-bond acceptors (Lipinski definition) is 2. The van der Waals surface area contributed by atoms with Gasteiger partial charge in [-0.3, -0.25) is 0 Å². The maximum absolute atomic E-state index is 8.66. The molecule has 0 aliphatic heterocycles. The van der Waals surface area contributed by atoms with Crippen molar-refractivity contribution in [3.05, 3.63) is 28.8 Å². The van der Waals surface area contributed by atoms with Gasteiger partial charge in [0, 0.05) is 6.07 Å². The SMILES string of the molecule is N#Cc1ccc(OCC2CC2)cc1Cl. The average molecular weight is 208 g/mol. The van der Waals surface area contributed by atoms with Gasteiger partial charge in [0.2, 0.25) is 0 Å². The van der Waals surface area contributed by atoms with Crippen LogP contribution in [0.4, 0.5) is 0 Å². The molecule has 0 bridgehead atoms. The predicted molar refractivity (Wildman–Crippen MR) is 54.4 cm³/mol. The van der Waals surface area contributed by atoms with Gasteiger partial charge in [-0.15, -0.1) is 0 Å². The maximum Gasteiger partial charge on any atom is 0.120 e. The molecule has 3 heteroatoms. The minimum Gasteiger partial charge on any atom is -0.493 e. The fraction of sp³-hybridized carbons (Fsp3) is 0.364. The van der Waals surface area contributed by atoms with Crippen LogP contribution in [0, 0.1) is 17.2 Å². The molecule has 0 saturated heterocycles. The molecule has 0 amide bonds. The van der Waals surface area contributed by atoms with Crippen molar-refractivity contribution in [2.24, 2.45) is 5.92 Å². The first-order valence-electron chi connectivity index (χ1n) is 4.62. The number of halogens is 1. The van der Waals surface area contributed by atoms with Crippen LogP contribution in [0.5, 0.6) is 5.75 Å². The Bertz CT molecular complexity index is 379. The normalized spacial score (nSPS) is 14.9. The average Bonchev–Trinajstić information content (AvgIpc) is 2.98. The zero-order chi connectivity index (χ0) is 9.97. The van der Waals surface area contributed by atoms with E-state index in [0.29, 0.717) is 10.6 Å². The second kappa shape index (κ2) is 3.89. The first-order chi connectivity index (χ1) is 6.79. The summed E-state index contributed by atoms with van der Waals surface area (Å²) in [6.45, 7) is 0.766. The third kappa shape index (κ3) is 2.18. The van der Waals surface area contributed by atoms with Crippen LogP contribution in [-0.4, -0.2) is 6.61 Å². The zero-order valence-electron chi connectivity index (χ0n) is 7.66. The van der Waals surface area contributed by atoms with Crippen molar-refractivity contribution in [2.75, 3.05) is 6.61 Å². The molecule has 72 valence electrons. The Morgan fingerprint density at radius 1 is 1.50 bits per heavy atom. The van der Waals surface area contributed by atoms with Gasteiger partial charge in [0.25, 0.3) is 0 Å². The summed E-state index contributed by atoms with van der Waals surface area (Å²) in [4.78, 5) is 0. The van der Waals surface area contributed by atoms with E-state index in [9.17, 15) is 0 Å². The number of rotatable bonds is 3. The second-order valence-electron chi connectivity index (χ2n) is 3.51. The molecule has 0 atom stereocenters. The number of nitrogens with zero attached hydrogens (tertiary/aromatic N) is 1. The number of ether oxygens (including phenoxy) is 1. The Balaban J connectivity index is 2.03. The summed E-state index contributed by atoms with van der Waals surface area (Å²) >= 11 is 5.86. The lowest BCUT2D eigenvalue weighted by Gasteiger charge is -2.05. The maximum atomic E-state index is 8.66. The lowest BCUT2D eigenvalue weighted by molar-refractivity contribution is 0.300. The van der Waals surface area contributed by atoms with Gasteiger partial charge >= 0.3 is 0 Å². The third-order valence-corrected chi connectivity index (χ3v) is 2.56. The van der Waals surface area contributed by atoms with Crippen LogP contribution in [0.1, 0.15) is 18.4 Å². The van der Waals surface area contributed by atoms with Crippen molar-refractivity contribution in [3.8, 4) is 11.8 Å². The summed E-state index contributed by atoms with van der Waals surface area (Å²) in [7, 11) is 0. The lowest BCUT2D eigenvalue weighted by atomic mass is 10.2. The van der Waals surface area contributed by atoms with E-state index >= 15 is 0 Å². The van der Waals surface area contributed by atoms with E-state index in [1.54, 1.807) is 18.2 Å². The Labute approximate surface area is 88.1 Å². The van der Waals surface area contributed by atoms with E-state index in [1.165, 1.54) is 12.8 Å². The van der Waals surface area contributed by atoms with Gasteiger partial charge < -0.3 is 4.74 Å². The molecule has 1 fully saturated rings. The summed E-state index contributed by atoms with van der Waals surface area (Å²) in [6.07, 6.45) is 2.54. The molecule has 0 radical (unpaired) electrons. The summed E-state index contributed by atoms with van der Waals surface area (Å²) in [6, 6.07) is 7.18. The van der Waals surface area contributed by atoms with Gasteiger partial charge in [0.05, 0.1) is 17.2 Å². The van der Waals surface area contributed by atoms with Gasteiger partial charge in [0.1, 0.15) is 11.8 Å². The molecule has 0 aromatic heterocycles. The topological polar surface area (TPSA) is 33.0 Å². The minimum absolute atomic E-state index is 0.459. The fourth-order valence-corrected chi connectivity index (χ4v) is 1.39. The Morgan fingerprint density at radius 3 is 2.86 bits per heavy atom. The molecule has 0 spiro atoms. The Kier molecular flexibility index (Phi) is 2.60. The fourth-order valence-electron chi connectivity index (χ4n) is 1.17. The molecular formula is C11H10ClNO. The van der Waals surface area contributed by atoms with E-state index in [4.69, 9.17) is 21.6 Å². The van der Waals surface area contributed by atoms with Crippen molar-refractivity contribution < 1.29 is 4.74 Å². The van der Waals surface area contributed by atoms with Gasteiger partial charge in [-0.25, -0.2) is 0 Å². The van der Waals surface area contributed by atoms with Crippen LogP contribution in [0.15, 0.2) is 18.2 Å². The molecule has 0 heterocycles. The van der Waals surface area contributed by atoms with E-state index in [1.807, 2.05) is 6.07 Å². The highest BCUT2D eigenvalue weighted by Crippen LogP contribution is 2.30. The Morgan fingerprint density at radius 2 is 2.29 bits per heavy atom. The first-order valence-corrected chi connectivity index (χ1v) is 5.00. The smallest absolute Gasteiger partial charge is 0.120 e. The van der Waals surface area contributed by atoms with Crippen LogP contribution < -0.4 is 4.74 Å². The van der Waals surface area contributed by atoms with Crippen LogP contribution in [0.25, 0.3) is 0 Å². The minimum atomic E-state index is 0.459. The van der Waals surface area contributed by atoms with Gasteiger partial charge in [-0.05, 0) is 30.9 Å². The van der Waals surface area contributed by atoms with E-state index in [-0.39, 0.29) is 0 Å². The number of nitriles is 1. The van der Waals surface area contributed by atoms with Crippen molar-refractivity contribution in [1.29, 1.82) is 5.26 Å². The summed E-state index contributed by atoms with van der Waals surface area (Å²) in [5.74, 6) is 1.48. The zero-order valence-corrected chi connectivity index (χ0v) is 8.42. The Hall–Kier alpha value is -1.20. The molecule has 1 aliphatic rings.